The molecule has 0 spiro atoms. The quantitative estimate of drug-likeness (QED) is 0.803. The molecule has 0 atom stereocenters. The lowest BCUT2D eigenvalue weighted by atomic mass is 9.96. The number of anilines is 1. The molecule has 2 N–H and O–H groups in total. The van der Waals surface area contributed by atoms with E-state index in [9.17, 15) is 4.39 Å². The summed E-state index contributed by atoms with van der Waals surface area (Å²) in [6.45, 7) is 0. The van der Waals surface area contributed by atoms with Gasteiger partial charge in [0, 0.05) is 5.56 Å². The van der Waals surface area contributed by atoms with E-state index < -0.39 is 0 Å². The Hall–Kier alpha value is -2.76. The van der Waals surface area contributed by atoms with E-state index in [-0.39, 0.29) is 17.9 Å². The number of pyridine rings is 1. The number of nitrogens with two attached hydrogens (primary N) is 1. The number of aromatic nitrogens is 3. The SMILES string of the molecule is Nc1nc(OC2CCC2)c2nc(-c3ccc(F)cc3)ccc2n1. The number of rotatable bonds is 3. The molecule has 0 saturated heterocycles. The molecule has 6 heteroatoms. The summed E-state index contributed by atoms with van der Waals surface area (Å²) in [5, 5.41) is 0. The van der Waals surface area contributed by atoms with E-state index in [1.807, 2.05) is 12.1 Å². The van der Waals surface area contributed by atoms with Crippen molar-refractivity contribution in [1.29, 1.82) is 0 Å². The number of nitrogens with zero attached hydrogens (tertiary/aromatic N) is 3. The number of benzene rings is 1. The average Bonchev–Trinajstić information content (AvgIpc) is 2.51. The summed E-state index contributed by atoms with van der Waals surface area (Å²) in [6, 6.07) is 9.85. The molecule has 1 saturated carbocycles. The number of fused-ring (bicyclic) bond motifs is 1. The van der Waals surface area contributed by atoms with Crippen LogP contribution >= 0.6 is 0 Å². The smallest absolute Gasteiger partial charge is 0.245 e. The van der Waals surface area contributed by atoms with Crippen molar-refractivity contribution >= 4 is 17.0 Å². The molecule has 0 amide bonds. The van der Waals surface area contributed by atoms with Gasteiger partial charge in [0.25, 0.3) is 0 Å². The molecule has 4 rings (SSSR count). The van der Waals surface area contributed by atoms with Gasteiger partial charge in [-0.3, -0.25) is 0 Å². The van der Waals surface area contributed by atoms with E-state index >= 15 is 0 Å². The fourth-order valence-electron chi connectivity index (χ4n) is 2.51. The van der Waals surface area contributed by atoms with Crippen LogP contribution in [0.4, 0.5) is 10.3 Å². The Bertz CT molecular complexity index is 862. The molecule has 2 heterocycles. The number of ether oxygens (including phenoxy) is 1. The fourth-order valence-corrected chi connectivity index (χ4v) is 2.51. The predicted octanol–water partition coefficient (Wildman–Crippen LogP) is 3.34. The highest BCUT2D eigenvalue weighted by molar-refractivity contribution is 5.83. The summed E-state index contributed by atoms with van der Waals surface area (Å²) in [5.41, 5.74) is 8.50. The average molecular weight is 310 g/mol. The van der Waals surface area contributed by atoms with Crippen LogP contribution in [0, 0.1) is 5.82 Å². The van der Waals surface area contributed by atoms with E-state index in [0.717, 1.165) is 24.8 Å². The summed E-state index contributed by atoms with van der Waals surface area (Å²) >= 11 is 0. The van der Waals surface area contributed by atoms with E-state index in [4.69, 9.17) is 10.5 Å². The first-order chi connectivity index (χ1) is 11.2. The van der Waals surface area contributed by atoms with Crippen molar-refractivity contribution in [3.8, 4) is 17.1 Å². The first kappa shape index (κ1) is 13.9. The van der Waals surface area contributed by atoms with Gasteiger partial charge in [-0.15, -0.1) is 0 Å². The molecule has 0 radical (unpaired) electrons. The Morgan fingerprint density at radius 2 is 1.78 bits per heavy atom. The summed E-state index contributed by atoms with van der Waals surface area (Å²) in [6.07, 6.45) is 3.37. The maximum absolute atomic E-state index is 13.1. The zero-order valence-corrected chi connectivity index (χ0v) is 12.4. The molecule has 23 heavy (non-hydrogen) atoms. The zero-order chi connectivity index (χ0) is 15.8. The highest BCUT2D eigenvalue weighted by Crippen LogP contribution is 2.30. The highest BCUT2D eigenvalue weighted by atomic mass is 19.1. The van der Waals surface area contributed by atoms with Crippen molar-refractivity contribution in [2.24, 2.45) is 0 Å². The number of hydrogen-bond donors (Lipinski definition) is 1. The number of nitrogen functional groups attached to an aromatic ring is 1. The van der Waals surface area contributed by atoms with E-state index in [1.54, 1.807) is 12.1 Å². The van der Waals surface area contributed by atoms with Gasteiger partial charge >= 0.3 is 0 Å². The van der Waals surface area contributed by atoms with Gasteiger partial charge in [0.05, 0.1) is 11.2 Å². The lowest BCUT2D eigenvalue weighted by molar-refractivity contribution is 0.116. The normalized spacial score (nSPS) is 14.7. The number of halogens is 1. The molecule has 1 aromatic carbocycles. The molecule has 0 aliphatic heterocycles. The molecule has 2 aromatic heterocycles. The van der Waals surface area contributed by atoms with Gasteiger partial charge in [0.2, 0.25) is 11.8 Å². The topological polar surface area (TPSA) is 73.9 Å². The van der Waals surface area contributed by atoms with Crippen molar-refractivity contribution in [3.63, 3.8) is 0 Å². The Kier molecular flexibility index (Phi) is 3.29. The van der Waals surface area contributed by atoms with E-state index in [2.05, 4.69) is 15.0 Å². The van der Waals surface area contributed by atoms with Crippen LogP contribution in [0.5, 0.6) is 5.88 Å². The Labute approximate surface area is 132 Å². The first-order valence-corrected chi connectivity index (χ1v) is 7.56. The Morgan fingerprint density at radius 1 is 1.00 bits per heavy atom. The van der Waals surface area contributed by atoms with Crippen LogP contribution < -0.4 is 10.5 Å². The van der Waals surface area contributed by atoms with Crippen molar-refractivity contribution in [2.45, 2.75) is 25.4 Å². The Balaban J connectivity index is 1.80. The van der Waals surface area contributed by atoms with Crippen molar-refractivity contribution in [2.75, 3.05) is 5.73 Å². The molecule has 1 aliphatic rings. The standard InChI is InChI=1S/C17H15FN4O/c18-11-6-4-10(5-7-11)13-8-9-14-15(20-13)16(22-17(19)21-14)23-12-2-1-3-12/h4-9,12H,1-3H2,(H2,19,21,22). The third kappa shape index (κ3) is 2.67. The molecule has 116 valence electrons. The summed E-state index contributed by atoms with van der Waals surface area (Å²) in [4.78, 5) is 13.0. The molecule has 0 bridgehead atoms. The molecule has 5 nitrogen and oxygen atoms in total. The second-order valence-corrected chi connectivity index (χ2v) is 5.63. The van der Waals surface area contributed by atoms with Gasteiger partial charge in [-0.25, -0.2) is 14.4 Å². The monoisotopic (exact) mass is 310 g/mol. The van der Waals surface area contributed by atoms with Crippen molar-refractivity contribution < 1.29 is 9.13 Å². The van der Waals surface area contributed by atoms with Crippen LogP contribution in [0.1, 0.15) is 19.3 Å². The fraction of sp³-hybridized carbons (Fsp3) is 0.235. The summed E-state index contributed by atoms with van der Waals surface area (Å²) in [7, 11) is 0. The van der Waals surface area contributed by atoms with Gasteiger partial charge in [-0.1, -0.05) is 0 Å². The lowest BCUT2D eigenvalue weighted by Gasteiger charge is -2.26. The maximum Gasteiger partial charge on any atom is 0.245 e. The van der Waals surface area contributed by atoms with Crippen molar-refractivity contribution in [3.05, 3.63) is 42.2 Å². The van der Waals surface area contributed by atoms with Gasteiger partial charge in [-0.05, 0) is 55.7 Å². The number of hydrogen-bond acceptors (Lipinski definition) is 5. The maximum atomic E-state index is 13.1. The molecule has 3 aromatic rings. The third-order valence-electron chi connectivity index (χ3n) is 4.00. The minimum absolute atomic E-state index is 0.170. The molecule has 1 aliphatic carbocycles. The van der Waals surface area contributed by atoms with E-state index in [0.29, 0.717) is 22.6 Å². The lowest BCUT2D eigenvalue weighted by Crippen LogP contribution is -2.25. The Morgan fingerprint density at radius 3 is 2.48 bits per heavy atom. The van der Waals surface area contributed by atoms with Gasteiger partial charge in [-0.2, -0.15) is 4.98 Å². The van der Waals surface area contributed by atoms with Gasteiger partial charge in [0.1, 0.15) is 11.9 Å². The second-order valence-electron chi connectivity index (χ2n) is 5.63. The first-order valence-electron chi connectivity index (χ1n) is 7.56. The molecule has 0 unspecified atom stereocenters. The second kappa shape index (κ2) is 5.46. The van der Waals surface area contributed by atoms with Crippen LogP contribution in [0.25, 0.3) is 22.3 Å². The molecule has 1 fully saturated rings. The largest absolute Gasteiger partial charge is 0.473 e. The molecular formula is C17H15FN4O. The van der Waals surface area contributed by atoms with Gasteiger partial charge in [0.15, 0.2) is 5.52 Å². The van der Waals surface area contributed by atoms with Crippen LogP contribution in [-0.4, -0.2) is 21.1 Å². The van der Waals surface area contributed by atoms with Crippen LogP contribution in [0.3, 0.4) is 0 Å². The van der Waals surface area contributed by atoms with Crippen LogP contribution in [0.15, 0.2) is 36.4 Å². The third-order valence-corrected chi connectivity index (χ3v) is 4.00. The highest BCUT2D eigenvalue weighted by Gasteiger charge is 2.22. The van der Waals surface area contributed by atoms with Crippen molar-refractivity contribution in [1.82, 2.24) is 15.0 Å². The summed E-state index contributed by atoms with van der Waals surface area (Å²) < 4.78 is 19.0. The van der Waals surface area contributed by atoms with Gasteiger partial charge < -0.3 is 10.5 Å². The van der Waals surface area contributed by atoms with Crippen LogP contribution in [-0.2, 0) is 0 Å². The minimum atomic E-state index is -0.278. The summed E-state index contributed by atoms with van der Waals surface area (Å²) in [5.74, 6) is 0.309. The zero-order valence-electron chi connectivity index (χ0n) is 12.4. The van der Waals surface area contributed by atoms with E-state index in [1.165, 1.54) is 12.1 Å². The molecular weight excluding hydrogens is 295 g/mol. The predicted molar refractivity (Wildman–Crippen MR) is 85.4 cm³/mol. The minimum Gasteiger partial charge on any atom is -0.473 e. The van der Waals surface area contributed by atoms with Crippen LogP contribution in [0.2, 0.25) is 0 Å².